The third-order valence-electron chi connectivity index (χ3n) is 1.86. The number of aromatic nitrogens is 2. The Labute approximate surface area is 114 Å². The molecule has 0 fully saturated rings. The number of nitrogens with two attached hydrogens (primary N) is 1. The molecular weight excluding hydrogens is 331 g/mol. The molecule has 94 valence electrons. The fourth-order valence-corrected chi connectivity index (χ4v) is 1.77. The Bertz CT molecular complexity index is 592. The number of rotatable bonds is 2. The molecule has 1 aromatic heterocycles. The molecule has 0 unspecified atom stereocenters. The van der Waals surface area contributed by atoms with Crippen LogP contribution in [0.3, 0.4) is 0 Å². The van der Waals surface area contributed by atoms with Gasteiger partial charge in [-0.25, -0.2) is 9.37 Å². The average Bonchev–Trinajstić information content (AvgIpc) is 2.23. The van der Waals surface area contributed by atoms with Crippen molar-refractivity contribution in [1.29, 1.82) is 0 Å². The average molecular weight is 337 g/mol. The number of ether oxygens (including phenoxy) is 1. The van der Waals surface area contributed by atoms with E-state index in [1.54, 1.807) is 0 Å². The molecule has 2 N–H and O–H groups in total. The molecule has 18 heavy (non-hydrogen) atoms. The Kier molecular flexibility index (Phi) is 3.63. The van der Waals surface area contributed by atoms with Crippen LogP contribution in [0.15, 0.2) is 22.7 Å². The van der Waals surface area contributed by atoms with E-state index in [1.165, 1.54) is 12.1 Å². The van der Waals surface area contributed by atoms with Gasteiger partial charge in [0.15, 0.2) is 11.6 Å². The summed E-state index contributed by atoms with van der Waals surface area (Å²) in [5.74, 6) is -2.73. The Morgan fingerprint density at radius 1 is 1.22 bits per heavy atom. The number of hydrogen-bond donors (Lipinski definition) is 1. The summed E-state index contributed by atoms with van der Waals surface area (Å²) in [6, 6.07) is 3.46. The molecule has 0 saturated heterocycles. The first-order valence-electron chi connectivity index (χ1n) is 4.58. The number of hydrogen-bond acceptors (Lipinski definition) is 4. The van der Waals surface area contributed by atoms with Crippen molar-refractivity contribution in [3.8, 4) is 11.6 Å². The minimum Gasteiger partial charge on any atom is -0.436 e. The Morgan fingerprint density at radius 2 is 1.94 bits per heavy atom. The van der Waals surface area contributed by atoms with Gasteiger partial charge < -0.3 is 10.5 Å². The highest BCUT2D eigenvalue weighted by molar-refractivity contribution is 9.10. The summed E-state index contributed by atoms with van der Waals surface area (Å²) in [4.78, 5) is 7.29. The van der Waals surface area contributed by atoms with Crippen molar-refractivity contribution in [3.05, 3.63) is 39.5 Å². The molecule has 2 rings (SSSR count). The fourth-order valence-electron chi connectivity index (χ4n) is 1.19. The SMILES string of the molecule is Nc1nc(Cl)cc(Oc2cc(Br)cc(F)c2F)n1. The minimum absolute atomic E-state index is 0.0355. The zero-order valence-electron chi connectivity index (χ0n) is 8.62. The maximum atomic E-state index is 13.4. The zero-order valence-corrected chi connectivity index (χ0v) is 11.0. The van der Waals surface area contributed by atoms with Crippen molar-refractivity contribution in [2.24, 2.45) is 0 Å². The summed E-state index contributed by atoms with van der Waals surface area (Å²) in [5.41, 5.74) is 5.35. The van der Waals surface area contributed by atoms with Gasteiger partial charge in [-0.3, -0.25) is 0 Å². The number of halogens is 4. The quantitative estimate of drug-likeness (QED) is 0.673. The van der Waals surface area contributed by atoms with E-state index in [9.17, 15) is 8.78 Å². The van der Waals surface area contributed by atoms with E-state index in [-0.39, 0.29) is 22.7 Å². The van der Waals surface area contributed by atoms with Gasteiger partial charge in [-0.1, -0.05) is 27.5 Å². The maximum Gasteiger partial charge on any atom is 0.225 e. The molecule has 0 spiro atoms. The van der Waals surface area contributed by atoms with Crippen molar-refractivity contribution in [2.45, 2.75) is 0 Å². The van der Waals surface area contributed by atoms with Crippen LogP contribution in [0.1, 0.15) is 0 Å². The van der Waals surface area contributed by atoms with Gasteiger partial charge in [-0.05, 0) is 12.1 Å². The molecule has 1 aromatic carbocycles. The van der Waals surface area contributed by atoms with Crippen LogP contribution in [0.5, 0.6) is 11.6 Å². The predicted molar refractivity (Wildman–Crippen MR) is 65.6 cm³/mol. The van der Waals surface area contributed by atoms with Crippen LogP contribution in [-0.4, -0.2) is 9.97 Å². The van der Waals surface area contributed by atoms with E-state index in [1.807, 2.05) is 0 Å². The molecule has 4 nitrogen and oxygen atoms in total. The summed E-state index contributed by atoms with van der Waals surface area (Å²) >= 11 is 8.65. The highest BCUT2D eigenvalue weighted by Gasteiger charge is 2.13. The van der Waals surface area contributed by atoms with Crippen molar-refractivity contribution in [2.75, 3.05) is 5.73 Å². The second kappa shape index (κ2) is 5.03. The lowest BCUT2D eigenvalue weighted by molar-refractivity contribution is 0.405. The fraction of sp³-hybridized carbons (Fsp3) is 0. The van der Waals surface area contributed by atoms with E-state index >= 15 is 0 Å². The van der Waals surface area contributed by atoms with E-state index < -0.39 is 11.6 Å². The van der Waals surface area contributed by atoms with Gasteiger partial charge in [0.2, 0.25) is 17.6 Å². The third-order valence-corrected chi connectivity index (χ3v) is 2.51. The first-order valence-corrected chi connectivity index (χ1v) is 5.75. The van der Waals surface area contributed by atoms with Gasteiger partial charge in [0, 0.05) is 10.5 Å². The van der Waals surface area contributed by atoms with Crippen LogP contribution in [0.4, 0.5) is 14.7 Å². The molecule has 1 heterocycles. The van der Waals surface area contributed by atoms with Crippen molar-refractivity contribution in [3.63, 3.8) is 0 Å². The third kappa shape index (κ3) is 2.85. The molecule has 8 heteroatoms. The second-order valence-electron chi connectivity index (χ2n) is 3.19. The van der Waals surface area contributed by atoms with Crippen LogP contribution in [-0.2, 0) is 0 Å². The highest BCUT2D eigenvalue weighted by Crippen LogP contribution is 2.29. The summed E-state index contributed by atoms with van der Waals surface area (Å²) in [6.07, 6.45) is 0. The maximum absolute atomic E-state index is 13.4. The zero-order chi connectivity index (χ0) is 13.3. The summed E-state index contributed by atoms with van der Waals surface area (Å²) < 4.78 is 32.0. The first-order chi connectivity index (χ1) is 8.45. The highest BCUT2D eigenvalue weighted by atomic mass is 79.9. The Hall–Kier alpha value is -1.47. The minimum atomic E-state index is -1.13. The van der Waals surface area contributed by atoms with Gasteiger partial charge in [-0.2, -0.15) is 9.37 Å². The lowest BCUT2D eigenvalue weighted by atomic mass is 10.3. The smallest absolute Gasteiger partial charge is 0.225 e. The summed E-state index contributed by atoms with van der Waals surface area (Å²) in [5, 5.41) is 0.0355. The van der Waals surface area contributed by atoms with Gasteiger partial charge in [0.05, 0.1) is 0 Å². The van der Waals surface area contributed by atoms with Crippen molar-refractivity contribution < 1.29 is 13.5 Å². The predicted octanol–water partition coefficient (Wildman–Crippen LogP) is 3.55. The molecular formula is C10H5BrClF2N3O. The first kappa shape index (κ1) is 13.0. The Balaban J connectivity index is 2.39. The van der Waals surface area contributed by atoms with E-state index in [0.29, 0.717) is 4.47 Å². The normalized spacial score (nSPS) is 10.4. The number of nitrogen functional groups attached to an aromatic ring is 1. The van der Waals surface area contributed by atoms with Crippen molar-refractivity contribution in [1.82, 2.24) is 9.97 Å². The van der Waals surface area contributed by atoms with Gasteiger partial charge in [0.25, 0.3) is 0 Å². The van der Waals surface area contributed by atoms with Gasteiger partial charge in [-0.15, -0.1) is 0 Å². The molecule has 0 bridgehead atoms. The lowest BCUT2D eigenvalue weighted by Gasteiger charge is -2.07. The topological polar surface area (TPSA) is 61.0 Å². The van der Waals surface area contributed by atoms with E-state index in [0.717, 1.165) is 6.07 Å². The van der Waals surface area contributed by atoms with Crippen LogP contribution in [0.25, 0.3) is 0 Å². The summed E-state index contributed by atoms with van der Waals surface area (Å²) in [6.45, 7) is 0. The molecule has 0 aliphatic rings. The van der Waals surface area contributed by atoms with Gasteiger partial charge in [0.1, 0.15) is 5.15 Å². The lowest BCUT2D eigenvalue weighted by Crippen LogP contribution is -1.99. The van der Waals surface area contributed by atoms with E-state index in [2.05, 4.69) is 25.9 Å². The largest absolute Gasteiger partial charge is 0.436 e. The monoisotopic (exact) mass is 335 g/mol. The molecule has 2 aromatic rings. The molecule has 0 radical (unpaired) electrons. The van der Waals surface area contributed by atoms with Gasteiger partial charge >= 0.3 is 0 Å². The van der Waals surface area contributed by atoms with Crippen LogP contribution in [0, 0.1) is 11.6 Å². The standard InChI is InChI=1S/C10H5BrClF2N3O/c11-4-1-5(13)9(14)6(2-4)18-8-3-7(12)16-10(15)17-8/h1-3H,(H2,15,16,17). The van der Waals surface area contributed by atoms with Crippen LogP contribution >= 0.6 is 27.5 Å². The molecule has 0 aliphatic carbocycles. The molecule has 0 atom stereocenters. The molecule has 0 saturated carbocycles. The van der Waals surface area contributed by atoms with Crippen molar-refractivity contribution >= 4 is 33.5 Å². The number of nitrogens with zero attached hydrogens (tertiary/aromatic N) is 2. The van der Waals surface area contributed by atoms with E-state index in [4.69, 9.17) is 22.1 Å². The number of benzene rings is 1. The Morgan fingerprint density at radius 3 is 2.61 bits per heavy atom. The second-order valence-corrected chi connectivity index (χ2v) is 4.49. The van der Waals surface area contributed by atoms with Crippen LogP contribution in [0.2, 0.25) is 5.15 Å². The molecule has 0 aliphatic heterocycles. The van der Waals surface area contributed by atoms with Crippen LogP contribution < -0.4 is 10.5 Å². The summed E-state index contributed by atoms with van der Waals surface area (Å²) in [7, 11) is 0. The number of anilines is 1. The molecule has 0 amide bonds.